The number of allylic oxidation sites excluding steroid dienone is 4. The second-order valence-electron chi connectivity index (χ2n) is 16.8. The van der Waals surface area contributed by atoms with Gasteiger partial charge in [0.1, 0.15) is 5.75 Å². The molecule has 2 aromatic rings. The number of benzene rings is 2. The van der Waals surface area contributed by atoms with Crippen LogP contribution in [-0.2, 0) is 30.7 Å². The zero-order chi connectivity index (χ0) is 37.4. The first-order valence-electron chi connectivity index (χ1n) is 18.9. The number of Topliss-reactive ketones (excluding diaryl/α,β-unsaturated/α-hetero) is 1. The number of nitrogens with two attached hydrogens (primary N) is 1. The molecule has 0 spiro atoms. The molecule has 4 aliphatic carbocycles. The fraction of sp³-hybridized carbons (Fsp3) is 0.600. The molecule has 5 aliphatic rings. The van der Waals surface area contributed by atoms with E-state index in [1.54, 1.807) is 0 Å². The van der Waals surface area contributed by atoms with E-state index in [4.69, 9.17) is 4.79 Å². The van der Waals surface area contributed by atoms with Crippen LogP contribution in [0.2, 0.25) is 0 Å². The zero-order valence-corrected chi connectivity index (χ0v) is 32.5. The highest BCUT2D eigenvalue weighted by Gasteiger charge is 2.57. The lowest BCUT2D eigenvalue weighted by Crippen LogP contribution is -2.46. The van der Waals surface area contributed by atoms with Crippen molar-refractivity contribution in [2.24, 2.45) is 40.2 Å². The fourth-order valence-electron chi connectivity index (χ4n) is 10.1. The van der Waals surface area contributed by atoms with E-state index in [2.05, 4.69) is 99.9 Å². The molecule has 5 N–H and O–H groups in total. The third-order valence-corrected chi connectivity index (χ3v) is 12.8. The topological polar surface area (TPSA) is 119 Å². The van der Waals surface area contributed by atoms with E-state index in [0.717, 1.165) is 66.7 Å². The van der Waals surface area contributed by atoms with Gasteiger partial charge in [-0.25, -0.2) is 0 Å². The molecule has 1 saturated carbocycles. The maximum Gasteiger partial charge on any atom is 0.204 e. The third-order valence-electron chi connectivity index (χ3n) is 12.8. The number of hydrogen-bond donors (Lipinski definition) is 4. The van der Waals surface area contributed by atoms with Crippen molar-refractivity contribution < 1.29 is 19.8 Å². The normalized spacial score (nSPS) is 24.9. The average molecular weight is 731 g/mol. The molecule has 8 nitrogen and oxygen atoms in total. The summed E-state index contributed by atoms with van der Waals surface area (Å²) in [6.45, 7) is 13.9. The van der Waals surface area contributed by atoms with E-state index < -0.39 is 0 Å². The van der Waals surface area contributed by atoms with E-state index in [1.165, 1.54) is 29.5 Å². The van der Waals surface area contributed by atoms with Gasteiger partial charge in [0.05, 0.1) is 11.3 Å². The number of phenols is 1. The molecule has 0 aromatic heterocycles. The summed E-state index contributed by atoms with van der Waals surface area (Å²) in [7, 11) is 7.86. The highest BCUT2D eigenvalue weighted by atomic mass is 16.3. The van der Waals surface area contributed by atoms with Gasteiger partial charge < -0.3 is 26.2 Å². The lowest BCUT2D eigenvalue weighted by Gasteiger charge is -2.53. The SMILES string of the molecule is C.C.CC1=C(O)CC2CC3Cc4c(N(C)C)cc(CN5CCc6ccccc6C5)c(O)c4C(=O)C3=C(C(C)(C)C3CC3)C2(C)CC1C.CNC.NC=O. The molecule has 7 rings (SSSR count). The molecule has 1 heterocycles. The highest BCUT2D eigenvalue weighted by molar-refractivity contribution is 6.15. The number of nitrogens with zero attached hydrogens (tertiary/aromatic N) is 2. The Hall–Kier alpha value is -3.62. The van der Waals surface area contributed by atoms with E-state index in [1.807, 2.05) is 14.1 Å². The number of nitrogens with one attached hydrogen (secondary N) is 1. The van der Waals surface area contributed by atoms with Gasteiger partial charge in [-0.1, -0.05) is 72.4 Å². The number of aliphatic hydroxyl groups excluding tert-OH is 1. The van der Waals surface area contributed by atoms with Gasteiger partial charge in [-0.3, -0.25) is 14.5 Å². The van der Waals surface area contributed by atoms with E-state index in [-0.39, 0.29) is 61.4 Å². The summed E-state index contributed by atoms with van der Waals surface area (Å²) in [5, 5.41) is 26.0. The van der Waals surface area contributed by atoms with Gasteiger partial charge in [0.25, 0.3) is 0 Å². The molecule has 4 atom stereocenters. The molecule has 2 aromatic carbocycles. The molecule has 294 valence electrons. The van der Waals surface area contributed by atoms with Crippen LogP contribution in [0.25, 0.3) is 0 Å². The van der Waals surface area contributed by atoms with Gasteiger partial charge in [-0.05, 0) is 122 Å². The van der Waals surface area contributed by atoms with E-state index >= 15 is 4.79 Å². The Bertz CT molecular complexity index is 1700. The van der Waals surface area contributed by atoms with Gasteiger partial charge in [0.2, 0.25) is 6.41 Å². The first-order valence-corrected chi connectivity index (χ1v) is 18.9. The third kappa shape index (κ3) is 8.24. The Morgan fingerprint density at radius 1 is 1.09 bits per heavy atom. The van der Waals surface area contributed by atoms with Crippen molar-refractivity contribution in [3.8, 4) is 5.75 Å². The lowest BCUT2D eigenvalue weighted by molar-refractivity contribution is -0.106. The number of ketones is 1. The van der Waals surface area contributed by atoms with Gasteiger partial charge in [0.15, 0.2) is 5.78 Å². The Morgan fingerprint density at radius 3 is 2.28 bits per heavy atom. The highest BCUT2D eigenvalue weighted by Crippen LogP contribution is 2.65. The zero-order valence-electron chi connectivity index (χ0n) is 32.5. The van der Waals surface area contributed by atoms with Gasteiger partial charge >= 0.3 is 0 Å². The van der Waals surface area contributed by atoms with Gasteiger partial charge in [0, 0.05) is 57.0 Å². The Balaban J connectivity index is 0.000000888. The summed E-state index contributed by atoms with van der Waals surface area (Å²) in [4.78, 5) is 28.3. The summed E-state index contributed by atoms with van der Waals surface area (Å²) in [5.41, 5.74) is 13.5. The maximum atomic E-state index is 15.2. The second-order valence-corrected chi connectivity index (χ2v) is 16.8. The summed E-state index contributed by atoms with van der Waals surface area (Å²) in [6, 6.07) is 10.8. The van der Waals surface area contributed by atoms with Crippen LogP contribution in [0.5, 0.6) is 5.75 Å². The van der Waals surface area contributed by atoms with Crippen molar-refractivity contribution in [2.75, 3.05) is 39.6 Å². The van der Waals surface area contributed by atoms with Crippen molar-refractivity contribution in [3.05, 3.63) is 80.6 Å². The van der Waals surface area contributed by atoms with Crippen molar-refractivity contribution >= 4 is 17.9 Å². The number of hydrogen-bond acceptors (Lipinski definition) is 7. The predicted molar refractivity (Wildman–Crippen MR) is 220 cm³/mol. The van der Waals surface area contributed by atoms with Crippen molar-refractivity contribution in [1.29, 1.82) is 0 Å². The van der Waals surface area contributed by atoms with Crippen LogP contribution < -0.4 is 16.0 Å². The molecule has 53 heavy (non-hydrogen) atoms. The Labute approximate surface area is 320 Å². The lowest BCUT2D eigenvalue weighted by atomic mass is 9.50. The van der Waals surface area contributed by atoms with Crippen LogP contribution in [0, 0.1) is 34.5 Å². The second kappa shape index (κ2) is 17.2. The van der Waals surface area contributed by atoms with E-state index in [0.29, 0.717) is 30.2 Å². The predicted octanol–water partition coefficient (Wildman–Crippen LogP) is 8.60. The molecular weight excluding hydrogens is 661 g/mol. The van der Waals surface area contributed by atoms with Crippen LogP contribution in [0.4, 0.5) is 5.69 Å². The number of carbonyl (C=O) groups is 2. The molecule has 1 amide bonds. The van der Waals surface area contributed by atoms with Gasteiger partial charge in [-0.15, -0.1) is 0 Å². The molecule has 4 unspecified atom stereocenters. The number of primary amides is 1. The number of carbonyl (C=O) groups excluding carboxylic acids is 2. The molecular formula is C45H70N4O4. The fourth-order valence-corrected chi connectivity index (χ4v) is 10.1. The van der Waals surface area contributed by atoms with Crippen LogP contribution in [-0.4, -0.2) is 62.0 Å². The average Bonchev–Trinajstić information content (AvgIpc) is 3.94. The Kier molecular flexibility index (Phi) is 14.2. The van der Waals surface area contributed by atoms with Crippen LogP contribution >= 0.6 is 0 Å². The number of aromatic hydroxyl groups is 1. The van der Waals surface area contributed by atoms with Crippen molar-refractivity contribution in [2.45, 2.75) is 108 Å². The largest absolute Gasteiger partial charge is 0.512 e. The molecule has 1 fully saturated rings. The number of aliphatic hydroxyl groups is 1. The first-order chi connectivity index (χ1) is 24.1. The number of phenolic OH excluding ortho intramolecular Hbond substituents is 1. The summed E-state index contributed by atoms with van der Waals surface area (Å²) in [6.07, 6.45) is 6.94. The summed E-state index contributed by atoms with van der Waals surface area (Å²) < 4.78 is 0. The van der Waals surface area contributed by atoms with E-state index in [9.17, 15) is 10.2 Å². The first kappa shape index (κ1) is 43.8. The summed E-state index contributed by atoms with van der Waals surface area (Å²) in [5.74, 6) is 2.01. The van der Waals surface area contributed by atoms with Crippen LogP contribution in [0.1, 0.15) is 114 Å². The monoisotopic (exact) mass is 731 g/mol. The van der Waals surface area contributed by atoms with Crippen molar-refractivity contribution in [3.63, 3.8) is 0 Å². The van der Waals surface area contributed by atoms with Gasteiger partial charge in [-0.2, -0.15) is 0 Å². The number of amides is 1. The maximum absolute atomic E-state index is 15.2. The Morgan fingerprint density at radius 2 is 1.70 bits per heavy atom. The number of rotatable bonds is 5. The number of fused-ring (bicyclic) bond motifs is 4. The minimum atomic E-state index is -0.185. The number of anilines is 1. The van der Waals surface area contributed by atoms with Crippen molar-refractivity contribution in [1.82, 2.24) is 10.2 Å². The van der Waals surface area contributed by atoms with Crippen LogP contribution in [0.3, 0.4) is 0 Å². The quantitative estimate of drug-likeness (QED) is 0.228. The minimum Gasteiger partial charge on any atom is -0.512 e. The molecule has 1 aliphatic heterocycles. The molecule has 0 saturated heterocycles. The smallest absolute Gasteiger partial charge is 0.204 e. The standard InChI is InChI=1S/C40H52N2O3.C2H7N.CH3NO.2CH4/c1-23-20-40(5)30(19-33(43)24(23)2)16-27-17-31-32(41(6)7)18-28(22-42-15-14-25-10-8-9-11-26(25)21-42)36(44)35(31)37(45)34(27)38(40)39(3,4)29-12-13-29;1-3-2;2-1-3;;/h8-11,18,23,27,29-30,43-44H,12-17,19-22H2,1-7H3;3H,1-2H3;1H,(H2,2,3);2*1H4. The van der Waals surface area contributed by atoms with Crippen LogP contribution in [0.15, 0.2) is 52.8 Å². The molecule has 0 bridgehead atoms. The molecule has 8 heteroatoms. The summed E-state index contributed by atoms with van der Waals surface area (Å²) >= 11 is 0. The molecule has 0 radical (unpaired) electrons. The minimum absolute atomic E-state index is 0.